The summed E-state index contributed by atoms with van der Waals surface area (Å²) >= 11 is 2.68. The molecule has 0 aliphatic carbocycles. The normalized spacial score (nSPS) is 14.7. The molecule has 5 atom stereocenters. The van der Waals surface area contributed by atoms with E-state index in [9.17, 15) is 24.3 Å². The van der Waals surface area contributed by atoms with Gasteiger partial charge in [0.05, 0.1) is 31.3 Å². The lowest BCUT2D eigenvalue weighted by Gasteiger charge is -2.30. The number of aromatic nitrogens is 1. The molecule has 0 radical (unpaired) electrons. The number of aliphatic hydroxyl groups excluding tert-OH is 1. The molecular weight excluding hydrogens is 647 g/mol. The Kier molecular flexibility index (Phi) is 20.8. The Labute approximate surface area is 288 Å². The zero-order chi connectivity index (χ0) is 35.5. The van der Waals surface area contributed by atoms with E-state index in [1.807, 2.05) is 53.8 Å². The van der Waals surface area contributed by atoms with Crippen molar-refractivity contribution in [3.05, 3.63) is 16.1 Å². The van der Waals surface area contributed by atoms with E-state index >= 15 is 0 Å². The molecule has 1 aromatic rings. The first-order valence-corrected chi connectivity index (χ1v) is 18.2. The number of carbonyl (C=O) groups excluding carboxylic acids is 4. The quantitative estimate of drug-likeness (QED) is 0.0840. The maximum atomic E-state index is 13.5. The lowest BCUT2D eigenvalue weighted by atomic mass is 9.91. The Hall–Kier alpha value is -2.46. The number of ether oxygens (including phenoxy) is 3. The fourth-order valence-electron chi connectivity index (χ4n) is 4.37. The van der Waals surface area contributed by atoms with Crippen molar-refractivity contribution in [1.29, 1.82) is 0 Å². The summed E-state index contributed by atoms with van der Waals surface area (Å²) in [6.07, 6.45) is -1.36. The first-order valence-electron chi connectivity index (χ1n) is 16.2. The van der Waals surface area contributed by atoms with Gasteiger partial charge < -0.3 is 40.6 Å². The summed E-state index contributed by atoms with van der Waals surface area (Å²) in [6.45, 7) is 16.4. The van der Waals surface area contributed by atoms with Crippen LogP contribution in [0.25, 0.3) is 0 Å². The van der Waals surface area contributed by atoms with Gasteiger partial charge in [-0.15, -0.1) is 23.1 Å². The zero-order valence-electron chi connectivity index (χ0n) is 29.4. The summed E-state index contributed by atoms with van der Waals surface area (Å²) in [4.78, 5) is 56.4. The molecule has 0 aromatic carbocycles. The second-order valence-electron chi connectivity index (χ2n) is 12.9. The maximum absolute atomic E-state index is 13.5. The number of nitrogens with zero attached hydrogens (tertiary/aromatic N) is 1. The number of rotatable bonds is 23. The Bertz CT molecular complexity index is 1090. The topological polar surface area (TPSA) is 177 Å². The predicted octanol–water partition coefficient (Wildman–Crippen LogP) is 3.23. The number of thioether (sulfide) groups is 1. The van der Waals surface area contributed by atoms with E-state index in [1.165, 1.54) is 23.1 Å². The van der Waals surface area contributed by atoms with Gasteiger partial charge in [0.25, 0.3) is 0 Å². The third-order valence-electron chi connectivity index (χ3n) is 6.98. The van der Waals surface area contributed by atoms with Gasteiger partial charge in [-0.1, -0.05) is 48.5 Å². The smallest absolute Gasteiger partial charge is 0.408 e. The SMILES string of the molecule is COCCOCSC[C@H](NC(=O)OCc1nc(C)cs1)C(=O)N[C@H](CC(C)C)[C@@H](O)C[C@@H](C)C(=O)N[C@@H](C(=O)NCC(C)C)C(C)C. The van der Waals surface area contributed by atoms with Crippen molar-refractivity contribution >= 4 is 46.9 Å². The predicted molar refractivity (Wildman–Crippen MR) is 185 cm³/mol. The van der Waals surface area contributed by atoms with Crippen LogP contribution in [-0.4, -0.2) is 96.7 Å². The van der Waals surface area contributed by atoms with Gasteiger partial charge in [0.15, 0.2) is 0 Å². The van der Waals surface area contributed by atoms with Crippen LogP contribution in [0.1, 0.15) is 72.0 Å². The third kappa shape index (κ3) is 18.0. The molecule has 0 aliphatic rings. The van der Waals surface area contributed by atoms with Crippen molar-refractivity contribution in [3.8, 4) is 0 Å². The minimum absolute atomic E-state index is 0.0301. The van der Waals surface area contributed by atoms with E-state index in [0.717, 1.165) is 5.69 Å². The minimum atomic E-state index is -1.07. The summed E-state index contributed by atoms with van der Waals surface area (Å²) in [5.74, 6) is -1.06. The largest absolute Gasteiger partial charge is 0.442 e. The molecular formula is C32H57N5O8S2. The molecule has 0 fully saturated rings. The van der Waals surface area contributed by atoms with Crippen LogP contribution in [-0.2, 0) is 35.2 Å². The van der Waals surface area contributed by atoms with Gasteiger partial charge in [-0.3, -0.25) is 14.4 Å². The van der Waals surface area contributed by atoms with Crippen molar-refractivity contribution < 1.29 is 38.5 Å². The number of amides is 4. The van der Waals surface area contributed by atoms with Gasteiger partial charge in [0.1, 0.15) is 23.7 Å². The van der Waals surface area contributed by atoms with Gasteiger partial charge in [-0.25, -0.2) is 9.78 Å². The molecule has 5 N–H and O–H groups in total. The number of methoxy groups -OCH3 is 1. The molecule has 1 heterocycles. The Morgan fingerprint density at radius 2 is 1.64 bits per heavy atom. The van der Waals surface area contributed by atoms with E-state index in [0.29, 0.717) is 31.2 Å². The second kappa shape index (κ2) is 23.0. The number of hydrogen-bond acceptors (Lipinski definition) is 11. The molecule has 0 saturated carbocycles. The summed E-state index contributed by atoms with van der Waals surface area (Å²) in [7, 11) is 1.57. The van der Waals surface area contributed by atoms with E-state index in [-0.39, 0.29) is 54.3 Å². The fourth-order valence-corrected chi connectivity index (χ4v) is 5.86. The summed E-state index contributed by atoms with van der Waals surface area (Å²) in [5, 5.41) is 25.0. The van der Waals surface area contributed by atoms with Crippen molar-refractivity contribution in [1.82, 2.24) is 26.3 Å². The first kappa shape index (κ1) is 42.6. The van der Waals surface area contributed by atoms with Gasteiger partial charge in [-0.05, 0) is 37.5 Å². The molecule has 0 aliphatic heterocycles. The highest BCUT2D eigenvalue weighted by Crippen LogP contribution is 2.17. The van der Waals surface area contributed by atoms with E-state index < -0.39 is 42.1 Å². The Balaban J connectivity index is 2.93. The highest BCUT2D eigenvalue weighted by atomic mass is 32.2. The second-order valence-corrected chi connectivity index (χ2v) is 14.8. The molecule has 13 nitrogen and oxygen atoms in total. The van der Waals surface area contributed by atoms with Crippen LogP contribution >= 0.6 is 23.1 Å². The lowest BCUT2D eigenvalue weighted by Crippen LogP contribution is -2.55. The van der Waals surface area contributed by atoms with Crippen molar-refractivity contribution in [3.63, 3.8) is 0 Å². The fraction of sp³-hybridized carbons (Fsp3) is 0.781. The lowest BCUT2D eigenvalue weighted by molar-refractivity contribution is -0.132. The summed E-state index contributed by atoms with van der Waals surface area (Å²) < 4.78 is 15.8. The molecule has 4 amide bonds. The van der Waals surface area contributed by atoms with Crippen LogP contribution in [0.5, 0.6) is 0 Å². The van der Waals surface area contributed by atoms with Crippen LogP contribution in [0.2, 0.25) is 0 Å². The number of carbonyl (C=O) groups is 4. The third-order valence-corrected chi connectivity index (χ3v) is 8.82. The number of nitrogens with one attached hydrogen (secondary N) is 4. The molecule has 15 heteroatoms. The molecule has 270 valence electrons. The number of hydrogen-bond donors (Lipinski definition) is 5. The number of aryl methyl sites for hydroxylation is 1. The number of thiazole rings is 1. The standard InChI is InChI=1S/C32H57N5O8S2/c1-19(2)12-24(26(38)13-22(7)29(39)37-28(21(5)6)31(41)33-14-20(3)4)35-30(40)25(17-46-18-44-11-10-43-9)36-32(42)45-15-27-34-23(8)16-47-27/h16,19-22,24-26,28,38H,10-15,17-18H2,1-9H3,(H,33,41)(H,35,40)(H,36,42)(H,37,39)/t22-,24-,25+,26+,28-/m1/s1. The molecule has 1 aromatic heterocycles. The van der Waals surface area contributed by atoms with E-state index in [4.69, 9.17) is 14.2 Å². The van der Waals surface area contributed by atoms with Crippen molar-refractivity contribution in [2.24, 2.45) is 23.7 Å². The Morgan fingerprint density at radius 1 is 0.936 bits per heavy atom. The zero-order valence-corrected chi connectivity index (χ0v) is 31.1. The molecule has 0 unspecified atom stereocenters. The van der Waals surface area contributed by atoms with E-state index in [2.05, 4.69) is 26.3 Å². The van der Waals surface area contributed by atoms with Gasteiger partial charge in [0.2, 0.25) is 17.7 Å². The average molecular weight is 704 g/mol. The highest BCUT2D eigenvalue weighted by molar-refractivity contribution is 7.99. The molecule has 0 saturated heterocycles. The summed E-state index contributed by atoms with van der Waals surface area (Å²) in [6, 6.07) is -2.40. The van der Waals surface area contributed by atoms with Crippen LogP contribution in [0.15, 0.2) is 5.38 Å². The van der Waals surface area contributed by atoms with Crippen molar-refractivity contribution in [2.75, 3.05) is 38.6 Å². The maximum Gasteiger partial charge on any atom is 0.408 e. The van der Waals surface area contributed by atoms with E-state index in [1.54, 1.807) is 14.0 Å². The van der Waals surface area contributed by atoms with Crippen LogP contribution in [0.4, 0.5) is 4.79 Å². The summed E-state index contributed by atoms with van der Waals surface area (Å²) in [5.41, 5.74) is 0.824. The molecule has 1 rings (SSSR count). The molecule has 0 spiro atoms. The average Bonchev–Trinajstić information content (AvgIpc) is 3.42. The monoisotopic (exact) mass is 703 g/mol. The van der Waals surface area contributed by atoms with Crippen LogP contribution in [0, 0.1) is 30.6 Å². The first-order chi connectivity index (χ1) is 22.1. The molecule has 47 heavy (non-hydrogen) atoms. The van der Waals surface area contributed by atoms with Gasteiger partial charge >= 0.3 is 6.09 Å². The van der Waals surface area contributed by atoms with Gasteiger partial charge in [0, 0.05) is 36.4 Å². The van der Waals surface area contributed by atoms with Gasteiger partial charge in [-0.2, -0.15) is 0 Å². The highest BCUT2D eigenvalue weighted by Gasteiger charge is 2.32. The number of aliphatic hydroxyl groups is 1. The van der Waals surface area contributed by atoms with Crippen LogP contribution < -0.4 is 21.3 Å². The Morgan fingerprint density at radius 3 is 2.21 bits per heavy atom. The van der Waals surface area contributed by atoms with Crippen molar-refractivity contribution in [2.45, 2.75) is 99.1 Å². The molecule has 0 bridgehead atoms. The minimum Gasteiger partial charge on any atom is -0.442 e. The van der Waals surface area contributed by atoms with Crippen LogP contribution in [0.3, 0.4) is 0 Å². The number of alkyl carbamates (subject to hydrolysis) is 1.